The van der Waals surface area contributed by atoms with Crippen molar-refractivity contribution >= 4 is 17.8 Å². The van der Waals surface area contributed by atoms with E-state index < -0.39 is 11.9 Å². The minimum absolute atomic E-state index is 0.104. The lowest BCUT2D eigenvalue weighted by atomic mass is 10.1. The van der Waals surface area contributed by atoms with Crippen LogP contribution < -0.4 is 5.73 Å². The monoisotopic (exact) mass is 352 g/mol. The molecule has 0 aromatic heterocycles. The number of nitrogens with two attached hydrogens (primary N) is 1. The summed E-state index contributed by atoms with van der Waals surface area (Å²) in [6, 6.07) is 13.7. The molecule has 2 aromatic rings. The van der Waals surface area contributed by atoms with Crippen LogP contribution in [0.2, 0.25) is 0 Å². The van der Waals surface area contributed by atoms with Crippen molar-refractivity contribution in [3.05, 3.63) is 70.8 Å². The molecule has 0 atom stereocenters. The molecule has 1 aliphatic heterocycles. The molecule has 6 heteroatoms. The highest BCUT2D eigenvalue weighted by molar-refractivity contribution is 5.92. The summed E-state index contributed by atoms with van der Waals surface area (Å²) >= 11 is 0. The van der Waals surface area contributed by atoms with Gasteiger partial charge < -0.3 is 15.4 Å². The topological polar surface area (TPSA) is 89.7 Å². The summed E-state index contributed by atoms with van der Waals surface area (Å²) < 4.78 is 5.32. The highest BCUT2D eigenvalue weighted by Crippen LogP contribution is 2.16. The molecule has 2 amide bonds. The van der Waals surface area contributed by atoms with E-state index in [1.807, 2.05) is 6.07 Å². The minimum atomic E-state index is -0.498. The second-order valence-electron chi connectivity index (χ2n) is 6.26. The Balaban J connectivity index is 1.59. The summed E-state index contributed by atoms with van der Waals surface area (Å²) in [6.45, 7) is 1.37. The zero-order valence-electron chi connectivity index (χ0n) is 14.3. The number of amides is 2. The van der Waals surface area contributed by atoms with Gasteiger partial charge in [-0.05, 0) is 41.8 Å². The smallest absolute Gasteiger partial charge is 0.338 e. The van der Waals surface area contributed by atoms with Gasteiger partial charge in [0, 0.05) is 25.1 Å². The van der Waals surface area contributed by atoms with E-state index in [0.717, 1.165) is 24.1 Å². The van der Waals surface area contributed by atoms with Gasteiger partial charge in [0.2, 0.25) is 11.8 Å². The lowest BCUT2D eigenvalue weighted by molar-refractivity contribution is -0.128. The number of likely N-dealkylation sites (tertiary alicyclic amines) is 1. The molecule has 0 aliphatic carbocycles. The molecule has 1 fully saturated rings. The molecule has 26 heavy (non-hydrogen) atoms. The van der Waals surface area contributed by atoms with Gasteiger partial charge in [-0.15, -0.1) is 0 Å². The SMILES string of the molecule is NC(=O)c1ccc(COC(=O)c2cccc(CN3CCCC3=O)c2)cc1. The van der Waals surface area contributed by atoms with Crippen LogP contribution in [0.3, 0.4) is 0 Å². The van der Waals surface area contributed by atoms with Crippen LogP contribution in [0.4, 0.5) is 0 Å². The second-order valence-corrected chi connectivity index (χ2v) is 6.26. The van der Waals surface area contributed by atoms with Crippen LogP contribution in [-0.4, -0.2) is 29.2 Å². The Morgan fingerprint density at radius 2 is 1.81 bits per heavy atom. The van der Waals surface area contributed by atoms with Gasteiger partial charge in [-0.25, -0.2) is 4.79 Å². The van der Waals surface area contributed by atoms with Crippen LogP contribution in [0.25, 0.3) is 0 Å². The van der Waals surface area contributed by atoms with E-state index in [0.29, 0.717) is 24.1 Å². The quantitative estimate of drug-likeness (QED) is 0.808. The third-order valence-corrected chi connectivity index (χ3v) is 4.32. The number of carbonyl (C=O) groups excluding carboxylic acids is 3. The fraction of sp³-hybridized carbons (Fsp3) is 0.250. The van der Waals surface area contributed by atoms with Crippen molar-refractivity contribution in [1.29, 1.82) is 0 Å². The zero-order valence-corrected chi connectivity index (χ0v) is 14.3. The summed E-state index contributed by atoms with van der Waals surface area (Å²) in [7, 11) is 0. The maximum atomic E-state index is 12.3. The van der Waals surface area contributed by atoms with Crippen molar-refractivity contribution in [2.75, 3.05) is 6.54 Å². The molecular formula is C20H20N2O4. The number of nitrogens with zero attached hydrogens (tertiary/aromatic N) is 1. The molecule has 2 aromatic carbocycles. The van der Waals surface area contributed by atoms with Gasteiger partial charge >= 0.3 is 5.97 Å². The number of esters is 1. The first-order valence-corrected chi connectivity index (χ1v) is 8.45. The second kappa shape index (κ2) is 7.82. The van der Waals surface area contributed by atoms with Crippen LogP contribution in [0.15, 0.2) is 48.5 Å². The Morgan fingerprint density at radius 1 is 1.04 bits per heavy atom. The van der Waals surface area contributed by atoms with Gasteiger partial charge in [-0.1, -0.05) is 24.3 Å². The zero-order chi connectivity index (χ0) is 18.5. The van der Waals surface area contributed by atoms with Gasteiger partial charge in [0.15, 0.2) is 0 Å². The van der Waals surface area contributed by atoms with Crippen molar-refractivity contribution in [1.82, 2.24) is 4.90 Å². The predicted octanol–water partition coefficient (Wildman–Crippen LogP) is 2.26. The Bertz CT molecular complexity index is 830. The van der Waals surface area contributed by atoms with Crippen molar-refractivity contribution in [2.24, 2.45) is 5.73 Å². The molecular weight excluding hydrogens is 332 g/mol. The summed E-state index contributed by atoms with van der Waals surface area (Å²) in [5, 5.41) is 0. The van der Waals surface area contributed by atoms with Crippen LogP contribution in [0, 0.1) is 0 Å². The van der Waals surface area contributed by atoms with Gasteiger partial charge in [-0.2, -0.15) is 0 Å². The fourth-order valence-corrected chi connectivity index (χ4v) is 2.89. The normalized spacial score (nSPS) is 13.7. The maximum absolute atomic E-state index is 12.3. The molecule has 0 saturated carbocycles. The first kappa shape index (κ1) is 17.7. The average molecular weight is 352 g/mol. The van der Waals surface area contributed by atoms with E-state index in [2.05, 4.69) is 0 Å². The molecule has 1 heterocycles. The number of benzene rings is 2. The van der Waals surface area contributed by atoms with E-state index >= 15 is 0 Å². The van der Waals surface area contributed by atoms with Crippen LogP contribution in [0.1, 0.15) is 44.7 Å². The standard InChI is InChI=1S/C20H20N2O4/c21-19(24)16-8-6-14(7-9-16)13-26-20(25)17-4-1-3-15(11-17)12-22-10-2-5-18(22)23/h1,3-4,6-9,11H,2,5,10,12-13H2,(H2,21,24). The van der Waals surface area contributed by atoms with Crippen molar-refractivity contribution in [2.45, 2.75) is 26.0 Å². The minimum Gasteiger partial charge on any atom is -0.457 e. The molecule has 6 nitrogen and oxygen atoms in total. The predicted molar refractivity (Wildman–Crippen MR) is 95.2 cm³/mol. The van der Waals surface area contributed by atoms with E-state index in [9.17, 15) is 14.4 Å². The highest BCUT2D eigenvalue weighted by Gasteiger charge is 2.20. The Morgan fingerprint density at radius 3 is 2.46 bits per heavy atom. The number of hydrogen-bond donors (Lipinski definition) is 1. The number of ether oxygens (including phenoxy) is 1. The molecule has 1 saturated heterocycles. The molecule has 2 N–H and O–H groups in total. The van der Waals surface area contributed by atoms with E-state index in [1.54, 1.807) is 47.4 Å². The van der Waals surface area contributed by atoms with E-state index in [1.165, 1.54) is 0 Å². The van der Waals surface area contributed by atoms with Crippen molar-refractivity contribution < 1.29 is 19.1 Å². The molecule has 3 rings (SSSR count). The summed E-state index contributed by atoms with van der Waals surface area (Å²) in [5.74, 6) is -0.780. The summed E-state index contributed by atoms with van der Waals surface area (Å²) in [6.07, 6.45) is 1.48. The molecule has 0 spiro atoms. The Labute approximate surface area is 151 Å². The first-order chi connectivity index (χ1) is 12.5. The molecule has 1 aliphatic rings. The summed E-state index contributed by atoms with van der Waals surface area (Å²) in [4.78, 5) is 36.8. The molecule has 0 bridgehead atoms. The number of primary amides is 1. The number of carbonyl (C=O) groups is 3. The Kier molecular flexibility index (Phi) is 5.31. The van der Waals surface area contributed by atoms with Crippen LogP contribution in [-0.2, 0) is 22.7 Å². The van der Waals surface area contributed by atoms with Gasteiger partial charge in [0.1, 0.15) is 6.61 Å². The van der Waals surface area contributed by atoms with Gasteiger partial charge in [0.05, 0.1) is 5.56 Å². The summed E-state index contributed by atoms with van der Waals surface area (Å²) in [5.41, 5.74) is 7.72. The van der Waals surface area contributed by atoms with E-state index in [4.69, 9.17) is 10.5 Å². The lowest BCUT2D eigenvalue weighted by Gasteiger charge is -2.15. The molecule has 134 valence electrons. The maximum Gasteiger partial charge on any atom is 0.338 e. The van der Waals surface area contributed by atoms with Gasteiger partial charge in [0.25, 0.3) is 0 Å². The third-order valence-electron chi connectivity index (χ3n) is 4.32. The van der Waals surface area contributed by atoms with E-state index in [-0.39, 0.29) is 12.5 Å². The van der Waals surface area contributed by atoms with Crippen LogP contribution >= 0.6 is 0 Å². The number of rotatable bonds is 6. The fourth-order valence-electron chi connectivity index (χ4n) is 2.89. The highest BCUT2D eigenvalue weighted by atomic mass is 16.5. The van der Waals surface area contributed by atoms with Gasteiger partial charge in [-0.3, -0.25) is 9.59 Å². The molecule has 0 radical (unpaired) electrons. The third kappa shape index (κ3) is 4.27. The van der Waals surface area contributed by atoms with Crippen LogP contribution in [0.5, 0.6) is 0 Å². The lowest BCUT2D eigenvalue weighted by Crippen LogP contribution is -2.23. The average Bonchev–Trinajstić information content (AvgIpc) is 3.05. The largest absolute Gasteiger partial charge is 0.457 e. The first-order valence-electron chi connectivity index (χ1n) is 8.45. The number of hydrogen-bond acceptors (Lipinski definition) is 4. The molecule has 0 unspecified atom stereocenters. The van der Waals surface area contributed by atoms with Crippen molar-refractivity contribution in [3.8, 4) is 0 Å². The Hall–Kier alpha value is -3.15. The van der Waals surface area contributed by atoms with Crippen molar-refractivity contribution in [3.63, 3.8) is 0 Å².